The van der Waals surface area contributed by atoms with E-state index in [0.29, 0.717) is 19.6 Å². The molecule has 0 bridgehead atoms. The van der Waals surface area contributed by atoms with Crippen molar-refractivity contribution in [3.8, 4) is 0 Å². The first-order valence-electron chi connectivity index (χ1n) is 5.90. The largest absolute Gasteiger partial charge is 0.391 e. The third-order valence-electron chi connectivity index (χ3n) is 2.73. The second-order valence-electron chi connectivity index (χ2n) is 4.25. The van der Waals surface area contributed by atoms with Crippen molar-refractivity contribution in [3.05, 3.63) is 34.6 Å². The number of hydrogen-bond donors (Lipinski definition) is 2. The molecule has 0 spiro atoms. The molecule has 1 rings (SSSR count). The van der Waals surface area contributed by atoms with E-state index in [4.69, 9.17) is 16.3 Å². The molecule has 3 nitrogen and oxygen atoms in total. The molecule has 102 valence electrons. The summed E-state index contributed by atoms with van der Waals surface area (Å²) >= 11 is 5.62. The van der Waals surface area contributed by atoms with Crippen molar-refractivity contribution in [1.82, 2.24) is 5.32 Å². The molecule has 0 fully saturated rings. The zero-order chi connectivity index (χ0) is 13.5. The Balaban J connectivity index is 2.40. The molecule has 0 saturated carbocycles. The lowest BCUT2D eigenvalue weighted by Crippen LogP contribution is -2.25. The second-order valence-corrected chi connectivity index (χ2v) is 4.65. The Morgan fingerprint density at radius 3 is 2.83 bits per heavy atom. The standard InChI is InChI=1S/C13H19ClFNO2/c1-9(16-6-5-11(17)8-18-2)10-3-4-12(14)13(15)7-10/h3-4,7,9,11,16-17H,5-6,8H2,1-2H3. The number of aliphatic hydroxyl groups is 1. The Labute approximate surface area is 112 Å². The van der Waals surface area contributed by atoms with Gasteiger partial charge >= 0.3 is 0 Å². The lowest BCUT2D eigenvalue weighted by molar-refractivity contribution is 0.0590. The predicted molar refractivity (Wildman–Crippen MR) is 70.3 cm³/mol. The van der Waals surface area contributed by atoms with Crippen molar-refractivity contribution in [3.63, 3.8) is 0 Å². The Morgan fingerprint density at radius 1 is 1.50 bits per heavy atom. The molecular formula is C13H19ClFNO2. The van der Waals surface area contributed by atoms with Gasteiger partial charge in [0.2, 0.25) is 0 Å². The highest BCUT2D eigenvalue weighted by molar-refractivity contribution is 6.30. The third-order valence-corrected chi connectivity index (χ3v) is 3.04. The van der Waals surface area contributed by atoms with Crippen LogP contribution in [0.3, 0.4) is 0 Å². The van der Waals surface area contributed by atoms with Gasteiger partial charge in [0, 0.05) is 13.2 Å². The highest BCUT2D eigenvalue weighted by Crippen LogP contribution is 2.19. The molecule has 0 aliphatic carbocycles. The van der Waals surface area contributed by atoms with E-state index in [0.717, 1.165) is 5.56 Å². The van der Waals surface area contributed by atoms with Gasteiger partial charge < -0.3 is 15.2 Å². The molecular weight excluding hydrogens is 257 g/mol. The predicted octanol–water partition coefficient (Wildman–Crippen LogP) is 2.53. The summed E-state index contributed by atoms with van der Waals surface area (Å²) in [4.78, 5) is 0. The summed E-state index contributed by atoms with van der Waals surface area (Å²) in [5.41, 5.74) is 0.832. The van der Waals surface area contributed by atoms with Crippen molar-refractivity contribution in [1.29, 1.82) is 0 Å². The van der Waals surface area contributed by atoms with Gasteiger partial charge in [-0.1, -0.05) is 17.7 Å². The summed E-state index contributed by atoms with van der Waals surface area (Å²) in [7, 11) is 1.55. The highest BCUT2D eigenvalue weighted by Gasteiger charge is 2.09. The van der Waals surface area contributed by atoms with Crippen LogP contribution in [0.2, 0.25) is 5.02 Å². The summed E-state index contributed by atoms with van der Waals surface area (Å²) in [5.74, 6) is -0.415. The highest BCUT2D eigenvalue weighted by atomic mass is 35.5. The zero-order valence-corrected chi connectivity index (χ0v) is 11.4. The number of nitrogens with one attached hydrogen (secondary N) is 1. The average Bonchev–Trinajstić information content (AvgIpc) is 2.33. The van der Waals surface area contributed by atoms with Crippen LogP contribution in [-0.4, -0.2) is 31.5 Å². The molecule has 2 unspecified atom stereocenters. The maximum atomic E-state index is 13.3. The lowest BCUT2D eigenvalue weighted by atomic mass is 10.1. The maximum absolute atomic E-state index is 13.3. The van der Waals surface area contributed by atoms with Crippen LogP contribution < -0.4 is 5.32 Å². The van der Waals surface area contributed by atoms with E-state index in [9.17, 15) is 9.50 Å². The summed E-state index contributed by atoms with van der Waals surface area (Å²) in [6.45, 7) is 2.90. The van der Waals surface area contributed by atoms with Crippen molar-refractivity contribution >= 4 is 11.6 Å². The molecule has 0 saturated heterocycles. The van der Waals surface area contributed by atoms with E-state index in [1.54, 1.807) is 19.2 Å². The van der Waals surface area contributed by atoms with E-state index in [1.165, 1.54) is 6.07 Å². The van der Waals surface area contributed by atoms with E-state index in [-0.39, 0.29) is 11.1 Å². The van der Waals surface area contributed by atoms with Crippen LogP contribution in [0, 0.1) is 5.82 Å². The smallest absolute Gasteiger partial charge is 0.142 e. The molecule has 0 radical (unpaired) electrons. The first-order chi connectivity index (χ1) is 8.54. The van der Waals surface area contributed by atoms with Gasteiger partial charge in [-0.2, -0.15) is 0 Å². The molecule has 5 heteroatoms. The Bertz CT molecular complexity index is 376. The molecule has 0 aliphatic heterocycles. The van der Waals surface area contributed by atoms with Gasteiger partial charge in [-0.05, 0) is 37.6 Å². The minimum atomic E-state index is -0.475. The normalized spacial score (nSPS) is 14.5. The summed E-state index contributed by atoms with van der Waals surface area (Å²) in [6.07, 6.45) is 0.116. The van der Waals surface area contributed by atoms with Gasteiger partial charge in [-0.15, -0.1) is 0 Å². The molecule has 0 aliphatic rings. The van der Waals surface area contributed by atoms with Crippen LogP contribution in [0.1, 0.15) is 24.9 Å². The van der Waals surface area contributed by atoms with E-state index < -0.39 is 11.9 Å². The SMILES string of the molecule is COCC(O)CCNC(C)c1ccc(Cl)c(F)c1. The van der Waals surface area contributed by atoms with Crippen LogP contribution in [0.5, 0.6) is 0 Å². The molecule has 2 atom stereocenters. The minimum absolute atomic E-state index is 0.00603. The van der Waals surface area contributed by atoms with Gasteiger partial charge in [0.15, 0.2) is 0 Å². The van der Waals surface area contributed by atoms with Gasteiger partial charge in [0.05, 0.1) is 17.7 Å². The van der Waals surface area contributed by atoms with Gasteiger partial charge in [0.1, 0.15) is 5.82 Å². The second kappa shape index (κ2) is 7.69. The summed E-state index contributed by atoms with van der Waals surface area (Å²) in [5, 5.41) is 12.8. The van der Waals surface area contributed by atoms with E-state index in [2.05, 4.69) is 5.32 Å². The fourth-order valence-electron chi connectivity index (χ4n) is 1.64. The minimum Gasteiger partial charge on any atom is -0.391 e. The van der Waals surface area contributed by atoms with Crippen LogP contribution in [0.4, 0.5) is 4.39 Å². The number of aliphatic hydroxyl groups excluding tert-OH is 1. The van der Waals surface area contributed by atoms with E-state index >= 15 is 0 Å². The summed E-state index contributed by atoms with van der Waals surface area (Å²) < 4.78 is 18.1. The number of hydrogen-bond acceptors (Lipinski definition) is 3. The molecule has 18 heavy (non-hydrogen) atoms. The third kappa shape index (κ3) is 4.90. The van der Waals surface area contributed by atoms with Crippen molar-refractivity contribution in [2.45, 2.75) is 25.5 Å². The molecule has 1 aromatic carbocycles. The first-order valence-corrected chi connectivity index (χ1v) is 6.27. The topological polar surface area (TPSA) is 41.5 Å². The van der Waals surface area contributed by atoms with Gasteiger partial charge in [0.25, 0.3) is 0 Å². The van der Waals surface area contributed by atoms with Crippen LogP contribution in [0.25, 0.3) is 0 Å². The molecule has 0 heterocycles. The summed E-state index contributed by atoms with van der Waals surface area (Å²) in [6, 6.07) is 4.76. The number of ether oxygens (including phenoxy) is 1. The van der Waals surface area contributed by atoms with Gasteiger partial charge in [-0.3, -0.25) is 0 Å². The lowest BCUT2D eigenvalue weighted by Gasteiger charge is -2.16. The average molecular weight is 276 g/mol. The Kier molecular flexibility index (Phi) is 6.57. The van der Waals surface area contributed by atoms with E-state index in [1.807, 2.05) is 6.92 Å². The number of rotatable bonds is 7. The molecule has 1 aromatic rings. The molecule has 0 aromatic heterocycles. The molecule has 0 amide bonds. The quantitative estimate of drug-likeness (QED) is 0.803. The number of halogens is 2. The number of methoxy groups -OCH3 is 1. The van der Waals surface area contributed by atoms with Gasteiger partial charge in [-0.25, -0.2) is 4.39 Å². The first kappa shape index (κ1) is 15.4. The van der Waals surface area contributed by atoms with Crippen molar-refractivity contribution in [2.24, 2.45) is 0 Å². The fourth-order valence-corrected chi connectivity index (χ4v) is 1.76. The zero-order valence-electron chi connectivity index (χ0n) is 10.6. The Morgan fingerprint density at radius 2 is 2.22 bits per heavy atom. The van der Waals surface area contributed by atoms with Crippen molar-refractivity contribution in [2.75, 3.05) is 20.3 Å². The monoisotopic (exact) mass is 275 g/mol. The number of benzene rings is 1. The van der Waals surface area contributed by atoms with Crippen molar-refractivity contribution < 1.29 is 14.2 Å². The maximum Gasteiger partial charge on any atom is 0.142 e. The fraction of sp³-hybridized carbons (Fsp3) is 0.538. The van der Waals surface area contributed by atoms with Crippen LogP contribution in [0.15, 0.2) is 18.2 Å². The molecule has 2 N–H and O–H groups in total. The Hall–Kier alpha value is -0.680. The van der Waals surface area contributed by atoms with Crippen LogP contribution in [-0.2, 0) is 4.74 Å². The van der Waals surface area contributed by atoms with Crippen LogP contribution >= 0.6 is 11.6 Å².